The van der Waals surface area contributed by atoms with Crippen molar-refractivity contribution in [2.75, 3.05) is 5.32 Å². The minimum atomic E-state index is -0.906. The van der Waals surface area contributed by atoms with Crippen LogP contribution in [-0.4, -0.2) is 18.0 Å². The number of carbonyl (C=O) groups excluding carboxylic acids is 2. The second kappa shape index (κ2) is 7.34. The number of aryl methyl sites for hydroxylation is 2. The molecule has 2 rings (SSSR count). The number of esters is 1. The molecule has 0 bridgehead atoms. The van der Waals surface area contributed by atoms with Crippen molar-refractivity contribution in [2.24, 2.45) is 0 Å². The van der Waals surface area contributed by atoms with Crippen molar-refractivity contribution in [3.05, 3.63) is 53.0 Å². The van der Waals surface area contributed by atoms with Crippen LogP contribution in [0.3, 0.4) is 0 Å². The van der Waals surface area contributed by atoms with Crippen LogP contribution in [-0.2, 0) is 9.53 Å². The number of hydrogen-bond donors (Lipinski definition) is 1. The Labute approximate surface area is 142 Å². The van der Waals surface area contributed by atoms with Gasteiger partial charge in [-0.05, 0) is 50.5 Å². The number of furan rings is 1. The summed E-state index contributed by atoms with van der Waals surface area (Å²) >= 11 is 0. The summed E-state index contributed by atoms with van der Waals surface area (Å²) < 4.78 is 10.5. The molecule has 5 heteroatoms. The Kier molecular flexibility index (Phi) is 5.44. The largest absolute Gasteiger partial charge is 0.466 e. The summed E-state index contributed by atoms with van der Waals surface area (Å²) in [7, 11) is 0. The maximum atomic E-state index is 12.2. The number of carbonyl (C=O) groups is 2. The smallest absolute Gasteiger partial charge is 0.342 e. The molecule has 1 aromatic heterocycles. The van der Waals surface area contributed by atoms with Crippen molar-refractivity contribution in [1.82, 2.24) is 0 Å². The average molecular weight is 329 g/mol. The first-order valence-electron chi connectivity index (χ1n) is 7.96. The number of rotatable bonds is 5. The highest BCUT2D eigenvalue weighted by molar-refractivity contribution is 5.97. The van der Waals surface area contributed by atoms with Crippen molar-refractivity contribution in [2.45, 2.75) is 46.6 Å². The van der Waals surface area contributed by atoms with Crippen LogP contribution < -0.4 is 5.32 Å². The summed E-state index contributed by atoms with van der Waals surface area (Å²) in [5, 5.41) is 2.74. The molecule has 1 aromatic carbocycles. The van der Waals surface area contributed by atoms with Crippen LogP contribution in [0.4, 0.5) is 5.69 Å². The Morgan fingerprint density at radius 1 is 1.08 bits per heavy atom. The van der Waals surface area contributed by atoms with Gasteiger partial charge in [-0.1, -0.05) is 26.0 Å². The minimum absolute atomic E-state index is 0.341. The van der Waals surface area contributed by atoms with Gasteiger partial charge in [-0.25, -0.2) is 4.79 Å². The van der Waals surface area contributed by atoms with Gasteiger partial charge in [0.1, 0.15) is 17.1 Å². The van der Waals surface area contributed by atoms with Gasteiger partial charge in [0.2, 0.25) is 0 Å². The molecule has 1 amide bonds. The quantitative estimate of drug-likeness (QED) is 0.835. The zero-order valence-electron chi connectivity index (χ0n) is 14.7. The fourth-order valence-electron chi connectivity index (χ4n) is 2.31. The number of nitrogens with one attached hydrogen (secondary N) is 1. The molecule has 1 heterocycles. The van der Waals surface area contributed by atoms with E-state index in [0.29, 0.717) is 28.7 Å². The Morgan fingerprint density at radius 3 is 2.21 bits per heavy atom. The number of benzene rings is 1. The van der Waals surface area contributed by atoms with Gasteiger partial charge in [-0.2, -0.15) is 0 Å². The molecule has 24 heavy (non-hydrogen) atoms. The van der Waals surface area contributed by atoms with E-state index in [1.165, 1.54) is 12.5 Å². The van der Waals surface area contributed by atoms with Crippen LogP contribution in [0.15, 0.2) is 34.7 Å². The van der Waals surface area contributed by atoms with Gasteiger partial charge in [-0.15, -0.1) is 0 Å². The van der Waals surface area contributed by atoms with Gasteiger partial charge in [0.15, 0.2) is 6.10 Å². The summed E-state index contributed by atoms with van der Waals surface area (Å²) in [6.45, 7) is 9.19. The standard InChI is InChI=1S/C19H23NO4/c1-11(2)15-6-8-16(9-7-15)20-18(21)14(5)24-19(22)17-10-12(3)23-13(17)4/h6-11,14H,1-5H3,(H,20,21)/t14-/m0/s1. The predicted molar refractivity (Wildman–Crippen MR) is 92.2 cm³/mol. The highest BCUT2D eigenvalue weighted by Gasteiger charge is 2.22. The van der Waals surface area contributed by atoms with E-state index >= 15 is 0 Å². The molecule has 0 unspecified atom stereocenters. The number of amides is 1. The highest BCUT2D eigenvalue weighted by Crippen LogP contribution is 2.18. The molecule has 0 aliphatic carbocycles. The van der Waals surface area contributed by atoms with Crippen molar-refractivity contribution in [3.8, 4) is 0 Å². The number of hydrogen-bond acceptors (Lipinski definition) is 4. The molecular weight excluding hydrogens is 306 g/mol. The van der Waals surface area contributed by atoms with Crippen molar-refractivity contribution in [1.29, 1.82) is 0 Å². The Hall–Kier alpha value is -2.56. The maximum absolute atomic E-state index is 12.2. The predicted octanol–water partition coefficient (Wildman–Crippen LogP) is 4.20. The highest BCUT2D eigenvalue weighted by atomic mass is 16.5. The fraction of sp³-hybridized carbons (Fsp3) is 0.368. The van der Waals surface area contributed by atoms with Crippen molar-refractivity contribution < 1.29 is 18.7 Å². The average Bonchev–Trinajstić information content (AvgIpc) is 2.86. The zero-order valence-corrected chi connectivity index (χ0v) is 14.7. The molecule has 1 atom stereocenters. The molecule has 5 nitrogen and oxygen atoms in total. The Morgan fingerprint density at radius 2 is 1.71 bits per heavy atom. The van der Waals surface area contributed by atoms with Crippen LogP contribution in [0.1, 0.15) is 54.1 Å². The topological polar surface area (TPSA) is 68.5 Å². The summed E-state index contributed by atoms with van der Waals surface area (Å²) in [6, 6.07) is 9.22. The molecular formula is C19H23NO4. The number of anilines is 1. The number of ether oxygens (including phenoxy) is 1. The van der Waals surface area contributed by atoms with Crippen LogP contribution in [0.2, 0.25) is 0 Å². The first-order chi connectivity index (χ1) is 11.3. The maximum Gasteiger partial charge on any atom is 0.342 e. The van der Waals surface area contributed by atoms with E-state index in [-0.39, 0.29) is 5.91 Å². The second-order valence-corrected chi connectivity index (χ2v) is 6.14. The summed E-state index contributed by atoms with van der Waals surface area (Å²) in [6.07, 6.45) is -0.906. The molecule has 0 fully saturated rings. The normalized spacial score (nSPS) is 12.1. The lowest BCUT2D eigenvalue weighted by molar-refractivity contribution is -0.123. The molecule has 0 aliphatic rings. The fourth-order valence-corrected chi connectivity index (χ4v) is 2.31. The molecule has 0 aliphatic heterocycles. The van der Waals surface area contributed by atoms with Crippen LogP contribution in [0.25, 0.3) is 0 Å². The zero-order chi connectivity index (χ0) is 17.9. The van der Waals surface area contributed by atoms with E-state index in [4.69, 9.17) is 9.15 Å². The van der Waals surface area contributed by atoms with Crippen molar-refractivity contribution >= 4 is 17.6 Å². The third-order valence-corrected chi connectivity index (χ3v) is 3.76. The van der Waals surface area contributed by atoms with Crippen LogP contribution in [0.5, 0.6) is 0 Å². The Bertz CT molecular complexity index is 728. The Balaban J connectivity index is 1.96. The van der Waals surface area contributed by atoms with Gasteiger partial charge in [0, 0.05) is 5.69 Å². The lowest BCUT2D eigenvalue weighted by atomic mass is 10.0. The van der Waals surface area contributed by atoms with Gasteiger partial charge < -0.3 is 14.5 Å². The van der Waals surface area contributed by atoms with Gasteiger partial charge in [-0.3, -0.25) is 4.79 Å². The van der Waals surface area contributed by atoms with Gasteiger partial charge >= 0.3 is 5.97 Å². The summed E-state index contributed by atoms with van der Waals surface area (Å²) in [5.41, 5.74) is 2.20. The monoisotopic (exact) mass is 329 g/mol. The van der Waals surface area contributed by atoms with Crippen LogP contribution in [0, 0.1) is 13.8 Å². The molecule has 0 saturated carbocycles. The van der Waals surface area contributed by atoms with E-state index in [2.05, 4.69) is 19.2 Å². The first kappa shape index (κ1) is 17.8. The van der Waals surface area contributed by atoms with E-state index in [1.54, 1.807) is 19.9 Å². The summed E-state index contributed by atoms with van der Waals surface area (Å²) in [4.78, 5) is 24.3. The van der Waals surface area contributed by atoms with Crippen LogP contribution >= 0.6 is 0 Å². The van der Waals surface area contributed by atoms with Gasteiger partial charge in [0.25, 0.3) is 5.91 Å². The molecule has 0 radical (unpaired) electrons. The lowest BCUT2D eigenvalue weighted by Gasteiger charge is -2.14. The minimum Gasteiger partial charge on any atom is -0.466 e. The van der Waals surface area contributed by atoms with E-state index in [9.17, 15) is 9.59 Å². The van der Waals surface area contributed by atoms with E-state index in [1.807, 2.05) is 24.3 Å². The van der Waals surface area contributed by atoms with Crippen molar-refractivity contribution in [3.63, 3.8) is 0 Å². The molecule has 128 valence electrons. The molecule has 2 aromatic rings. The van der Waals surface area contributed by atoms with E-state index < -0.39 is 12.1 Å². The second-order valence-electron chi connectivity index (χ2n) is 6.14. The first-order valence-corrected chi connectivity index (χ1v) is 7.96. The molecule has 0 spiro atoms. The summed E-state index contributed by atoms with van der Waals surface area (Å²) in [5.74, 6) is 0.591. The third-order valence-electron chi connectivity index (χ3n) is 3.76. The lowest BCUT2D eigenvalue weighted by Crippen LogP contribution is -2.30. The van der Waals surface area contributed by atoms with E-state index in [0.717, 1.165) is 0 Å². The molecule has 1 N–H and O–H groups in total. The third kappa shape index (κ3) is 4.25. The SMILES string of the molecule is Cc1cc(C(=O)O[C@@H](C)C(=O)Nc2ccc(C(C)C)cc2)c(C)o1. The van der Waals surface area contributed by atoms with Gasteiger partial charge in [0.05, 0.1) is 0 Å². The molecule has 0 saturated heterocycles.